The molecule has 0 unspecified atom stereocenters. The number of hydrogen-bond donors (Lipinski definition) is 1. The summed E-state index contributed by atoms with van der Waals surface area (Å²) in [7, 11) is 0. The summed E-state index contributed by atoms with van der Waals surface area (Å²) in [5.74, 6) is -1.51. The van der Waals surface area contributed by atoms with Gasteiger partial charge in [-0.2, -0.15) is 0 Å². The molecule has 1 heterocycles. The third-order valence-electron chi connectivity index (χ3n) is 4.22. The van der Waals surface area contributed by atoms with E-state index in [1.54, 1.807) is 24.3 Å². The number of amides is 2. The predicted octanol–water partition coefficient (Wildman–Crippen LogP) is 4.34. The second-order valence-electron chi connectivity index (χ2n) is 6.45. The number of anilines is 1. The van der Waals surface area contributed by atoms with Crippen molar-refractivity contribution in [3.63, 3.8) is 0 Å². The highest BCUT2D eigenvalue weighted by molar-refractivity contribution is 9.10. The third kappa shape index (κ3) is 4.31. The largest absolute Gasteiger partial charge is 0.301 e. The van der Waals surface area contributed by atoms with Crippen molar-refractivity contribution in [2.45, 2.75) is 19.8 Å². The molecule has 138 valence electrons. The topological polar surface area (TPSA) is 61.8 Å². The fourth-order valence-corrected chi connectivity index (χ4v) is 3.22. The van der Waals surface area contributed by atoms with Gasteiger partial charge in [0.25, 0.3) is 5.91 Å². The SMILES string of the molecule is CC(C)c1ccc(N=C[C@H]2C(=O)NC(=S)N(c3ccc(Br)cc3)C2=O)cc1. The Balaban J connectivity index is 1.83. The number of carbonyl (C=O) groups is 2. The lowest BCUT2D eigenvalue weighted by molar-refractivity contribution is -0.130. The first-order chi connectivity index (χ1) is 12.9. The lowest BCUT2D eigenvalue weighted by Gasteiger charge is -2.30. The molecule has 0 bridgehead atoms. The Hall–Kier alpha value is -2.38. The van der Waals surface area contributed by atoms with Crippen molar-refractivity contribution >= 4 is 62.7 Å². The second-order valence-corrected chi connectivity index (χ2v) is 7.75. The van der Waals surface area contributed by atoms with Crippen LogP contribution in [-0.4, -0.2) is 23.1 Å². The minimum Gasteiger partial charge on any atom is -0.301 e. The molecule has 1 fully saturated rings. The van der Waals surface area contributed by atoms with E-state index in [4.69, 9.17) is 12.2 Å². The minimum absolute atomic E-state index is 0.0678. The molecule has 0 spiro atoms. The van der Waals surface area contributed by atoms with Gasteiger partial charge < -0.3 is 5.32 Å². The van der Waals surface area contributed by atoms with Gasteiger partial charge >= 0.3 is 0 Å². The molecule has 0 radical (unpaired) electrons. The Labute approximate surface area is 171 Å². The summed E-state index contributed by atoms with van der Waals surface area (Å²) < 4.78 is 0.883. The van der Waals surface area contributed by atoms with Crippen molar-refractivity contribution in [1.29, 1.82) is 0 Å². The van der Waals surface area contributed by atoms with Crippen LogP contribution in [0, 0.1) is 5.92 Å². The van der Waals surface area contributed by atoms with E-state index < -0.39 is 17.7 Å². The van der Waals surface area contributed by atoms with Crippen LogP contribution in [0.2, 0.25) is 0 Å². The van der Waals surface area contributed by atoms with Gasteiger partial charge in [0.2, 0.25) is 5.91 Å². The van der Waals surface area contributed by atoms with Crippen LogP contribution in [0.4, 0.5) is 11.4 Å². The zero-order valence-corrected chi connectivity index (χ0v) is 17.3. The first-order valence-corrected chi connectivity index (χ1v) is 9.65. The van der Waals surface area contributed by atoms with Gasteiger partial charge in [-0.25, -0.2) is 0 Å². The number of nitrogens with one attached hydrogen (secondary N) is 1. The lowest BCUT2D eigenvalue weighted by Crippen LogP contribution is -2.58. The van der Waals surface area contributed by atoms with Crippen LogP contribution < -0.4 is 10.2 Å². The smallest absolute Gasteiger partial charge is 0.251 e. The van der Waals surface area contributed by atoms with Crippen LogP contribution in [-0.2, 0) is 9.59 Å². The molecule has 2 amide bonds. The molecule has 1 atom stereocenters. The number of rotatable bonds is 4. The predicted molar refractivity (Wildman–Crippen MR) is 115 cm³/mol. The first-order valence-electron chi connectivity index (χ1n) is 8.45. The fraction of sp³-hybridized carbons (Fsp3) is 0.200. The van der Waals surface area contributed by atoms with Gasteiger partial charge in [0, 0.05) is 10.7 Å². The highest BCUT2D eigenvalue weighted by Crippen LogP contribution is 2.23. The van der Waals surface area contributed by atoms with E-state index in [-0.39, 0.29) is 5.11 Å². The molecule has 0 saturated carbocycles. The zero-order valence-electron chi connectivity index (χ0n) is 14.8. The van der Waals surface area contributed by atoms with E-state index in [2.05, 4.69) is 40.1 Å². The summed E-state index contributed by atoms with van der Waals surface area (Å²) in [6.45, 7) is 4.23. The van der Waals surface area contributed by atoms with E-state index in [1.165, 1.54) is 16.7 Å². The maximum absolute atomic E-state index is 12.9. The molecule has 0 aliphatic carbocycles. The van der Waals surface area contributed by atoms with Crippen molar-refractivity contribution in [3.8, 4) is 0 Å². The Kier molecular flexibility index (Phi) is 5.82. The molecule has 2 aromatic carbocycles. The molecule has 1 N–H and O–H groups in total. The van der Waals surface area contributed by atoms with Gasteiger partial charge in [0.15, 0.2) is 11.0 Å². The van der Waals surface area contributed by atoms with E-state index in [1.807, 2.05) is 24.3 Å². The number of carbonyl (C=O) groups excluding carboxylic acids is 2. The number of halogens is 1. The lowest BCUT2D eigenvalue weighted by atomic mass is 10.0. The van der Waals surface area contributed by atoms with Gasteiger partial charge in [0.05, 0.1) is 11.4 Å². The van der Waals surface area contributed by atoms with Gasteiger partial charge in [-0.1, -0.05) is 41.9 Å². The minimum atomic E-state index is -1.04. The van der Waals surface area contributed by atoms with Crippen molar-refractivity contribution in [2.24, 2.45) is 10.9 Å². The Morgan fingerprint density at radius 2 is 1.74 bits per heavy atom. The summed E-state index contributed by atoms with van der Waals surface area (Å²) in [4.78, 5) is 30.8. The normalized spacial score (nSPS) is 17.7. The van der Waals surface area contributed by atoms with E-state index in [0.717, 1.165) is 4.47 Å². The Morgan fingerprint density at radius 1 is 1.11 bits per heavy atom. The molecule has 1 aliphatic heterocycles. The number of thiocarbonyl (C=S) groups is 1. The number of nitrogens with zero attached hydrogens (tertiary/aromatic N) is 2. The first kappa shape index (κ1) is 19.4. The number of benzene rings is 2. The summed E-state index contributed by atoms with van der Waals surface area (Å²) in [5, 5.41) is 2.65. The summed E-state index contributed by atoms with van der Waals surface area (Å²) in [6.07, 6.45) is 1.37. The van der Waals surface area contributed by atoms with Crippen molar-refractivity contribution < 1.29 is 9.59 Å². The van der Waals surface area contributed by atoms with Crippen molar-refractivity contribution in [3.05, 3.63) is 58.6 Å². The molecule has 1 saturated heterocycles. The van der Waals surface area contributed by atoms with Gasteiger partial charge in [-0.3, -0.25) is 19.5 Å². The Morgan fingerprint density at radius 3 is 2.33 bits per heavy atom. The van der Waals surface area contributed by atoms with Crippen LogP contribution in [0.1, 0.15) is 25.3 Å². The highest BCUT2D eigenvalue weighted by atomic mass is 79.9. The van der Waals surface area contributed by atoms with E-state index in [0.29, 0.717) is 17.3 Å². The molecule has 0 aromatic heterocycles. The monoisotopic (exact) mass is 443 g/mol. The van der Waals surface area contributed by atoms with Crippen LogP contribution in [0.3, 0.4) is 0 Å². The third-order valence-corrected chi connectivity index (χ3v) is 5.03. The van der Waals surface area contributed by atoms with Crippen molar-refractivity contribution in [1.82, 2.24) is 5.32 Å². The molecule has 27 heavy (non-hydrogen) atoms. The number of aliphatic imine (C=N–C) groups is 1. The zero-order chi connectivity index (χ0) is 19.6. The van der Waals surface area contributed by atoms with E-state index in [9.17, 15) is 9.59 Å². The molecule has 2 aromatic rings. The van der Waals surface area contributed by atoms with Crippen molar-refractivity contribution in [2.75, 3.05) is 4.90 Å². The summed E-state index contributed by atoms with van der Waals surface area (Å²) in [5.41, 5.74) is 2.48. The van der Waals surface area contributed by atoms with E-state index >= 15 is 0 Å². The van der Waals surface area contributed by atoms with Gasteiger partial charge in [-0.05, 0) is 60.1 Å². The molecule has 3 rings (SSSR count). The quantitative estimate of drug-likeness (QED) is 0.434. The van der Waals surface area contributed by atoms with Crippen LogP contribution in [0.15, 0.2) is 58.0 Å². The van der Waals surface area contributed by atoms with Crippen LogP contribution >= 0.6 is 28.1 Å². The highest BCUT2D eigenvalue weighted by Gasteiger charge is 2.38. The fourth-order valence-electron chi connectivity index (χ4n) is 2.66. The van der Waals surface area contributed by atoms with Crippen LogP contribution in [0.25, 0.3) is 0 Å². The van der Waals surface area contributed by atoms with Gasteiger partial charge in [-0.15, -0.1) is 0 Å². The second kappa shape index (κ2) is 8.10. The molecule has 1 aliphatic rings. The molecular formula is C20H18BrN3O2S. The van der Waals surface area contributed by atoms with Crippen LogP contribution in [0.5, 0.6) is 0 Å². The maximum atomic E-state index is 12.9. The molecule has 7 heteroatoms. The standard InChI is InChI=1S/C20H18BrN3O2S/c1-12(2)13-3-7-15(8-4-13)22-11-17-18(25)23-20(27)24(19(17)26)16-9-5-14(21)6-10-16/h3-12,17H,1-2H3,(H,23,25,27)/t17-/m0/s1. The summed E-state index contributed by atoms with van der Waals surface area (Å²) in [6, 6.07) is 14.8. The van der Waals surface area contributed by atoms with Gasteiger partial charge in [0.1, 0.15) is 0 Å². The Bertz CT molecular complexity index is 908. The maximum Gasteiger partial charge on any atom is 0.251 e. The summed E-state index contributed by atoms with van der Waals surface area (Å²) >= 11 is 8.54. The molecular weight excluding hydrogens is 426 g/mol. The average Bonchev–Trinajstić information content (AvgIpc) is 2.63. The average molecular weight is 444 g/mol. The molecule has 5 nitrogen and oxygen atoms in total. The number of hydrogen-bond acceptors (Lipinski definition) is 4.